The lowest BCUT2D eigenvalue weighted by molar-refractivity contribution is -0.148. The van der Waals surface area contributed by atoms with E-state index in [-0.39, 0.29) is 27.0 Å². The van der Waals surface area contributed by atoms with Gasteiger partial charge in [0.15, 0.2) is 5.69 Å². The zero-order valence-corrected chi connectivity index (χ0v) is 17.3. The van der Waals surface area contributed by atoms with Gasteiger partial charge in [0.1, 0.15) is 17.2 Å². The third kappa shape index (κ3) is 4.61. The monoisotopic (exact) mass is 493 g/mol. The minimum atomic E-state index is -5.13. The van der Waals surface area contributed by atoms with Gasteiger partial charge in [-0.05, 0) is 29.8 Å². The number of nitrogens with zero attached hydrogens (tertiary/aromatic N) is 2. The van der Waals surface area contributed by atoms with Gasteiger partial charge in [-0.25, -0.2) is 4.68 Å². The molecule has 1 heterocycles. The molecule has 176 valence electrons. The van der Waals surface area contributed by atoms with Crippen molar-refractivity contribution in [3.63, 3.8) is 0 Å². The number of rotatable bonds is 4. The summed E-state index contributed by atoms with van der Waals surface area (Å²) in [6.07, 6.45) is -7.65. The van der Waals surface area contributed by atoms with Crippen molar-refractivity contribution in [1.82, 2.24) is 9.78 Å². The van der Waals surface area contributed by atoms with E-state index in [9.17, 15) is 35.9 Å². The number of alkyl halides is 6. The highest BCUT2D eigenvalue weighted by molar-refractivity contribution is 6.31. The minimum Gasteiger partial charge on any atom is -0.456 e. The molecule has 0 spiro atoms. The second-order valence-electron chi connectivity index (χ2n) is 7.02. The Bertz CT molecular complexity index is 1150. The maximum Gasteiger partial charge on any atom is 0.435 e. The van der Waals surface area contributed by atoms with Crippen molar-refractivity contribution >= 4 is 23.5 Å². The molecule has 2 atom stereocenters. The summed E-state index contributed by atoms with van der Waals surface area (Å²) in [5.41, 5.74) is 0.182. The number of hydrogen-bond donors (Lipinski definition) is 1. The van der Waals surface area contributed by atoms with E-state index in [2.05, 4.69) is 5.10 Å². The maximum absolute atomic E-state index is 13.3. The van der Waals surface area contributed by atoms with Crippen LogP contribution >= 0.6 is 11.6 Å². The number of amides is 1. The van der Waals surface area contributed by atoms with Crippen molar-refractivity contribution in [3.8, 4) is 5.69 Å². The topological polar surface area (TPSA) is 87.2 Å². The number of primary amides is 1. The van der Waals surface area contributed by atoms with E-state index in [0.717, 1.165) is 19.1 Å². The molecule has 0 saturated heterocycles. The highest BCUT2D eigenvalue weighted by Crippen LogP contribution is 2.39. The summed E-state index contributed by atoms with van der Waals surface area (Å²) in [5, 5.41) is 3.19. The van der Waals surface area contributed by atoms with E-state index in [1.54, 1.807) is 0 Å². The number of carbonyl (C=O) groups is 2. The zero-order chi connectivity index (χ0) is 24.8. The summed E-state index contributed by atoms with van der Waals surface area (Å²) in [7, 11) is 0. The van der Waals surface area contributed by atoms with Crippen molar-refractivity contribution in [1.29, 1.82) is 0 Å². The molecular weight excluding hydrogens is 480 g/mol. The first-order valence-electron chi connectivity index (χ1n) is 9.05. The Morgan fingerprint density at radius 1 is 1.12 bits per heavy atom. The van der Waals surface area contributed by atoms with Crippen LogP contribution in [0, 0.1) is 0 Å². The lowest BCUT2D eigenvalue weighted by Gasteiger charge is -2.36. The average Bonchev–Trinajstić information content (AvgIpc) is 3.14. The number of hydrogen-bond acceptors (Lipinski definition) is 4. The predicted molar refractivity (Wildman–Crippen MR) is 103 cm³/mol. The van der Waals surface area contributed by atoms with Crippen molar-refractivity contribution in [2.75, 3.05) is 0 Å². The Labute approximate surface area is 187 Å². The molecule has 13 heteroatoms. The van der Waals surface area contributed by atoms with Gasteiger partial charge in [0.2, 0.25) is 5.91 Å². The van der Waals surface area contributed by atoms with Crippen molar-refractivity contribution in [2.45, 2.75) is 30.8 Å². The summed E-state index contributed by atoms with van der Waals surface area (Å²) in [4.78, 5) is 24.0. The van der Waals surface area contributed by atoms with Gasteiger partial charge in [-0.3, -0.25) is 9.59 Å². The Morgan fingerprint density at radius 3 is 2.21 bits per heavy atom. The van der Waals surface area contributed by atoms with Gasteiger partial charge in [-0.15, -0.1) is 0 Å². The van der Waals surface area contributed by atoms with Crippen LogP contribution in [0.3, 0.4) is 0 Å². The molecule has 1 aliphatic rings. The first-order valence-corrected chi connectivity index (χ1v) is 9.43. The molecule has 2 aromatic rings. The van der Waals surface area contributed by atoms with Crippen LogP contribution in [0.1, 0.15) is 23.9 Å². The van der Waals surface area contributed by atoms with Gasteiger partial charge in [0.25, 0.3) is 0 Å². The number of ether oxygens (including phenoxy) is 1. The van der Waals surface area contributed by atoms with Gasteiger partial charge in [0, 0.05) is 18.0 Å². The van der Waals surface area contributed by atoms with Crippen molar-refractivity contribution in [2.24, 2.45) is 5.73 Å². The Morgan fingerprint density at radius 2 is 1.73 bits per heavy atom. The summed E-state index contributed by atoms with van der Waals surface area (Å²) < 4.78 is 84.1. The molecule has 33 heavy (non-hydrogen) atoms. The van der Waals surface area contributed by atoms with Gasteiger partial charge in [-0.1, -0.05) is 29.8 Å². The SMILES string of the molecule is CC(=O)OC1C=C(Cl)C=CC1(C(N)=O)c1ccc(-n2nc(C(F)(F)F)cc2C(F)(F)F)cc1. The summed E-state index contributed by atoms with van der Waals surface area (Å²) in [6, 6.07) is 4.29. The Balaban J connectivity index is 2.12. The van der Waals surface area contributed by atoms with Crippen LogP contribution in [-0.2, 0) is 32.1 Å². The second kappa shape index (κ2) is 8.25. The molecule has 0 radical (unpaired) electrons. The van der Waals surface area contributed by atoms with Crippen LogP contribution < -0.4 is 5.73 Å². The molecule has 2 unspecified atom stereocenters. The number of nitrogens with two attached hydrogens (primary N) is 1. The minimum absolute atomic E-state index is 0.0958. The van der Waals surface area contributed by atoms with Gasteiger partial charge in [0.05, 0.1) is 5.69 Å². The molecule has 2 N–H and O–H groups in total. The number of benzene rings is 1. The molecule has 3 rings (SSSR count). The first kappa shape index (κ1) is 24.4. The average molecular weight is 494 g/mol. The molecule has 0 saturated carbocycles. The fourth-order valence-electron chi connectivity index (χ4n) is 3.37. The van der Waals surface area contributed by atoms with Gasteiger partial charge in [-0.2, -0.15) is 31.4 Å². The van der Waals surface area contributed by atoms with Crippen LogP contribution in [-0.4, -0.2) is 27.8 Å². The highest BCUT2D eigenvalue weighted by Gasteiger charge is 2.47. The lowest BCUT2D eigenvalue weighted by Crippen LogP contribution is -2.50. The molecule has 1 aromatic heterocycles. The van der Waals surface area contributed by atoms with E-state index >= 15 is 0 Å². The molecule has 6 nitrogen and oxygen atoms in total. The van der Waals surface area contributed by atoms with E-state index in [1.807, 2.05) is 0 Å². The largest absolute Gasteiger partial charge is 0.456 e. The van der Waals surface area contributed by atoms with E-state index in [4.69, 9.17) is 22.1 Å². The fourth-order valence-corrected chi connectivity index (χ4v) is 3.54. The van der Waals surface area contributed by atoms with Crippen LogP contribution in [0.2, 0.25) is 0 Å². The Kier molecular flexibility index (Phi) is 6.09. The highest BCUT2D eigenvalue weighted by atomic mass is 35.5. The lowest BCUT2D eigenvalue weighted by atomic mass is 9.72. The summed E-state index contributed by atoms with van der Waals surface area (Å²) in [6.45, 7) is 1.09. The quantitative estimate of drug-likeness (QED) is 0.509. The molecule has 0 bridgehead atoms. The number of carbonyl (C=O) groups excluding carboxylic acids is 2. The van der Waals surface area contributed by atoms with Crippen molar-refractivity contribution in [3.05, 3.63) is 70.5 Å². The molecule has 0 fully saturated rings. The smallest absolute Gasteiger partial charge is 0.435 e. The van der Waals surface area contributed by atoms with Gasteiger partial charge >= 0.3 is 18.3 Å². The van der Waals surface area contributed by atoms with Crippen molar-refractivity contribution < 1.29 is 40.7 Å². The first-order chi connectivity index (χ1) is 15.2. The number of esters is 1. The number of halogens is 7. The predicted octanol–water partition coefficient (Wildman–Crippen LogP) is 4.26. The third-order valence-electron chi connectivity index (χ3n) is 4.85. The molecular formula is C20H14ClF6N3O3. The maximum atomic E-state index is 13.3. The van der Waals surface area contributed by atoms with Crippen LogP contribution in [0.5, 0.6) is 0 Å². The molecule has 1 amide bonds. The fraction of sp³-hybridized carbons (Fsp3) is 0.250. The number of allylic oxidation sites excluding steroid dienone is 2. The number of aromatic nitrogens is 2. The van der Waals surface area contributed by atoms with E-state index < -0.39 is 47.1 Å². The molecule has 0 aliphatic heterocycles. The normalized spacial score (nSPS) is 21.0. The van der Waals surface area contributed by atoms with Crippen LogP contribution in [0.4, 0.5) is 26.3 Å². The third-order valence-corrected chi connectivity index (χ3v) is 5.10. The zero-order valence-electron chi connectivity index (χ0n) is 16.5. The van der Waals surface area contributed by atoms with Crippen LogP contribution in [0.15, 0.2) is 53.6 Å². The standard InChI is InChI=1S/C20H14ClF6N3O3/c1-10(31)33-16-8-12(21)6-7-18(16,17(28)32)11-2-4-13(5-3-11)30-15(20(25,26)27)9-14(29-30)19(22,23)24/h2-9,16H,1H3,(H2,28,32). The molecule has 1 aromatic carbocycles. The second-order valence-corrected chi connectivity index (χ2v) is 7.45. The molecule has 1 aliphatic carbocycles. The van der Waals surface area contributed by atoms with Gasteiger partial charge < -0.3 is 10.5 Å². The summed E-state index contributed by atoms with van der Waals surface area (Å²) in [5.74, 6) is -1.73. The van der Waals surface area contributed by atoms with Crippen LogP contribution in [0.25, 0.3) is 5.69 Å². The summed E-state index contributed by atoms with van der Waals surface area (Å²) >= 11 is 5.94. The Hall–Kier alpha value is -3.28. The van der Waals surface area contributed by atoms with E-state index in [0.29, 0.717) is 0 Å². The van der Waals surface area contributed by atoms with E-state index in [1.165, 1.54) is 30.4 Å².